The van der Waals surface area contributed by atoms with Crippen molar-refractivity contribution in [1.82, 2.24) is 5.16 Å². The Labute approximate surface area is 115 Å². The van der Waals surface area contributed by atoms with Gasteiger partial charge < -0.3 is 14.6 Å². The molecule has 1 aromatic heterocycles. The fraction of sp³-hybridized carbons (Fsp3) is 0.231. The van der Waals surface area contributed by atoms with Crippen molar-refractivity contribution in [3.05, 3.63) is 40.2 Å². The first-order valence-electron chi connectivity index (χ1n) is 5.59. The Morgan fingerprint density at radius 2 is 2.16 bits per heavy atom. The van der Waals surface area contributed by atoms with Crippen LogP contribution in [-0.4, -0.2) is 18.2 Å². The summed E-state index contributed by atoms with van der Waals surface area (Å²) in [5.41, 5.74) is 1.78. The van der Waals surface area contributed by atoms with Crippen molar-refractivity contribution in [2.45, 2.75) is 13.8 Å². The number of methoxy groups -OCH3 is 1. The summed E-state index contributed by atoms with van der Waals surface area (Å²) in [5, 5.41) is 6.90. The molecule has 6 heteroatoms. The van der Waals surface area contributed by atoms with Gasteiger partial charge in [0, 0.05) is 11.1 Å². The molecule has 1 amide bonds. The SMILES string of the molecule is COc1cc(Cl)c(C)cc1NC(=O)c1cnoc1C. The van der Waals surface area contributed by atoms with Gasteiger partial charge in [0.1, 0.15) is 17.1 Å². The monoisotopic (exact) mass is 280 g/mol. The molecule has 0 radical (unpaired) electrons. The molecule has 1 heterocycles. The molecule has 1 N–H and O–H groups in total. The molecule has 100 valence electrons. The average molecular weight is 281 g/mol. The summed E-state index contributed by atoms with van der Waals surface area (Å²) in [6.07, 6.45) is 1.37. The summed E-state index contributed by atoms with van der Waals surface area (Å²) < 4.78 is 10.1. The number of anilines is 1. The second kappa shape index (κ2) is 5.32. The topological polar surface area (TPSA) is 64.4 Å². The number of ether oxygens (including phenoxy) is 1. The highest BCUT2D eigenvalue weighted by atomic mass is 35.5. The van der Waals surface area contributed by atoms with Gasteiger partial charge in [-0.3, -0.25) is 4.79 Å². The Hall–Kier alpha value is -2.01. The van der Waals surface area contributed by atoms with Gasteiger partial charge in [0.2, 0.25) is 0 Å². The lowest BCUT2D eigenvalue weighted by atomic mass is 10.2. The summed E-state index contributed by atoms with van der Waals surface area (Å²) in [7, 11) is 1.52. The quantitative estimate of drug-likeness (QED) is 0.938. The minimum Gasteiger partial charge on any atom is -0.495 e. The summed E-state index contributed by atoms with van der Waals surface area (Å²) in [5.74, 6) is 0.652. The molecule has 19 heavy (non-hydrogen) atoms. The number of benzene rings is 1. The number of rotatable bonds is 3. The van der Waals surface area contributed by atoms with E-state index in [1.54, 1.807) is 19.1 Å². The van der Waals surface area contributed by atoms with E-state index in [-0.39, 0.29) is 5.91 Å². The Morgan fingerprint density at radius 3 is 2.74 bits per heavy atom. The molecular weight excluding hydrogens is 268 g/mol. The lowest BCUT2D eigenvalue weighted by Gasteiger charge is -2.11. The van der Waals surface area contributed by atoms with Crippen LogP contribution in [0.1, 0.15) is 21.7 Å². The van der Waals surface area contributed by atoms with Gasteiger partial charge in [-0.2, -0.15) is 0 Å². The van der Waals surface area contributed by atoms with E-state index in [9.17, 15) is 4.79 Å². The van der Waals surface area contributed by atoms with Gasteiger partial charge in [-0.1, -0.05) is 16.8 Å². The van der Waals surface area contributed by atoms with E-state index in [2.05, 4.69) is 10.5 Å². The molecule has 0 aliphatic rings. The van der Waals surface area contributed by atoms with Crippen LogP contribution >= 0.6 is 11.6 Å². The zero-order valence-electron chi connectivity index (χ0n) is 10.8. The minimum absolute atomic E-state index is 0.307. The predicted octanol–water partition coefficient (Wildman–Crippen LogP) is 3.21. The van der Waals surface area contributed by atoms with Gasteiger partial charge in [-0.25, -0.2) is 0 Å². The average Bonchev–Trinajstić information content (AvgIpc) is 2.79. The largest absolute Gasteiger partial charge is 0.495 e. The highest BCUT2D eigenvalue weighted by molar-refractivity contribution is 6.31. The minimum atomic E-state index is -0.307. The van der Waals surface area contributed by atoms with Crippen LogP contribution in [-0.2, 0) is 0 Å². The van der Waals surface area contributed by atoms with Crippen LogP contribution in [0, 0.1) is 13.8 Å². The van der Waals surface area contributed by atoms with Crippen LogP contribution in [0.3, 0.4) is 0 Å². The second-order valence-electron chi connectivity index (χ2n) is 4.05. The highest BCUT2D eigenvalue weighted by Gasteiger charge is 2.15. The molecule has 0 aliphatic heterocycles. The van der Waals surface area contributed by atoms with Crippen LogP contribution in [0.25, 0.3) is 0 Å². The summed E-state index contributed by atoms with van der Waals surface area (Å²) in [6, 6.07) is 3.41. The molecule has 0 saturated heterocycles. The van der Waals surface area contributed by atoms with E-state index in [4.69, 9.17) is 20.9 Å². The summed E-state index contributed by atoms with van der Waals surface area (Å²) >= 11 is 6.01. The lowest BCUT2D eigenvalue weighted by molar-refractivity contribution is 0.102. The number of nitrogens with zero attached hydrogens (tertiary/aromatic N) is 1. The van der Waals surface area contributed by atoms with Crippen LogP contribution in [0.5, 0.6) is 5.75 Å². The third-order valence-corrected chi connectivity index (χ3v) is 3.13. The van der Waals surface area contributed by atoms with E-state index in [1.807, 2.05) is 6.92 Å². The van der Waals surface area contributed by atoms with Crippen LogP contribution in [0.2, 0.25) is 5.02 Å². The summed E-state index contributed by atoms with van der Waals surface area (Å²) in [6.45, 7) is 3.52. The first-order chi connectivity index (χ1) is 9.02. The van der Waals surface area contributed by atoms with Crippen LogP contribution in [0.15, 0.2) is 22.9 Å². The highest BCUT2D eigenvalue weighted by Crippen LogP contribution is 2.31. The summed E-state index contributed by atoms with van der Waals surface area (Å²) in [4.78, 5) is 12.1. The van der Waals surface area contributed by atoms with Crippen molar-refractivity contribution >= 4 is 23.2 Å². The molecule has 2 rings (SSSR count). The van der Waals surface area contributed by atoms with Crippen molar-refractivity contribution in [3.8, 4) is 5.75 Å². The normalized spacial score (nSPS) is 10.3. The van der Waals surface area contributed by atoms with E-state index >= 15 is 0 Å². The third kappa shape index (κ3) is 2.71. The van der Waals surface area contributed by atoms with Crippen molar-refractivity contribution in [2.24, 2.45) is 0 Å². The second-order valence-corrected chi connectivity index (χ2v) is 4.46. The number of halogens is 1. The van der Waals surface area contributed by atoms with Crippen molar-refractivity contribution in [3.63, 3.8) is 0 Å². The van der Waals surface area contributed by atoms with Crippen molar-refractivity contribution in [1.29, 1.82) is 0 Å². The molecular formula is C13H13ClN2O3. The molecule has 0 atom stereocenters. The van der Waals surface area contributed by atoms with E-state index in [0.717, 1.165) is 5.56 Å². The van der Waals surface area contributed by atoms with E-state index < -0.39 is 0 Å². The molecule has 5 nitrogen and oxygen atoms in total. The number of carbonyl (C=O) groups excluding carboxylic acids is 1. The molecule has 0 bridgehead atoms. The third-order valence-electron chi connectivity index (χ3n) is 2.72. The molecule has 0 aliphatic carbocycles. The van der Waals surface area contributed by atoms with Gasteiger partial charge >= 0.3 is 0 Å². The van der Waals surface area contributed by atoms with Gasteiger partial charge in [0.25, 0.3) is 5.91 Å². The number of hydrogen-bond donors (Lipinski definition) is 1. The Morgan fingerprint density at radius 1 is 1.42 bits per heavy atom. The standard InChI is InChI=1S/C13H13ClN2O3/c1-7-4-11(12(18-3)5-10(7)14)16-13(17)9-6-15-19-8(9)2/h4-6H,1-3H3,(H,16,17). The predicted molar refractivity (Wildman–Crippen MR) is 71.9 cm³/mol. The van der Waals surface area contributed by atoms with Crippen LogP contribution in [0.4, 0.5) is 5.69 Å². The maximum Gasteiger partial charge on any atom is 0.260 e. The molecule has 0 spiro atoms. The molecule has 0 saturated carbocycles. The molecule has 0 unspecified atom stereocenters. The first kappa shape index (κ1) is 13.4. The zero-order chi connectivity index (χ0) is 14.0. The number of hydrogen-bond acceptors (Lipinski definition) is 4. The van der Waals surface area contributed by atoms with Crippen molar-refractivity contribution < 1.29 is 14.1 Å². The Balaban J connectivity index is 2.31. The maximum atomic E-state index is 12.1. The number of amides is 1. The van der Waals surface area contributed by atoms with E-state index in [0.29, 0.717) is 27.8 Å². The first-order valence-corrected chi connectivity index (χ1v) is 5.97. The van der Waals surface area contributed by atoms with Gasteiger partial charge in [0.05, 0.1) is 19.0 Å². The van der Waals surface area contributed by atoms with Crippen LogP contribution < -0.4 is 10.1 Å². The number of aryl methyl sites for hydroxylation is 2. The van der Waals surface area contributed by atoms with Gasteiger partial charge in [0.15, 0.2) is 0 Å². The number of aromatic nitrogens is 1. The Kier molecular flexibility index (Phi) is 3.76. The maximum absolute atomic E-state index is 12.1. The lowest BCUT2D eigenvalue weighted by Crippen LogP contribution is -2.13. The molecule has 2 aromatic rings. The fourth-order valence-corrected chi connectivity index (χ4v) is 1.79. The Bertz CT molecular complexity index is 622. The number of carbonyl (C=O) groups is 1. The van der Waals surface area contributed by atoms with Gasteiger partial charge in [-0.05, 0) is 25.5 Å². The fourth-order valence-electron chi connectivity index (χ4n) is 1.64. The molecule has 0 fully saturated rings. The molecule has 1 aromatic carbocycles. The zero-order valence-corrected chi connectivity index (χ0v) is 11.5. The van der Waals surface area contributed by atoms with Crippen molar-refractivity contribution in [2.75, 3.05) is 12.4 Å². The van der Waals surface area contributed by atoms with Gasteiger partial charge in [-0.15, -0.1) is 0 Å². The van der Waals surface area contributed by atoms with E-state index in [1.165, 1.54) is 13.3 Å². The smallest absolute Gasteiger partial charge is 0.260 e. The number of nitrogens with one attached hydrogen (secondary N) is 1.